The first-order valence-electron chi connectivity index (χ1n) is 8.85. The van der Waals surface area contributed by atoms with E-state index >= 15 is 0 Å². The molecule has 6 nitrogen and oxygen atoms in total. The van der Waals surface area contributed by atoms with Gasteiger partial charge >= 0.3 is 0 Å². The van der Waals surface area contributed by atoms with Crippen molar-refractivity contribution in [3.8, 4) is 0 Å². The first-order chi connectivity index (χ1) is 11.5. The molecule has 3 heterocycles. The summed E-state index contributed by atoms with van der Waals surface area (Å²) >= 11 is 0. The number of nitrogens with zero attached hydrogens (tertiary/aromatic N) is 6. The second-order valence-electron chi connectivity index (χ2n) is 7.33. The predicted octanol–water partition coefficient (Wildman–Crippen LogP) is 1.68. The summed E-state index contributed by atoms with van der Waals surface area (Å²) in [7, 11) is 6.32. The summed E-state index contributed by atoms with van der Waals surface area (Å²) in [6.07, 6.45) is 10.3. The van der Waals surface area contributed by atoms with Crippen molar-refractivity contribution in [1.29, 1.82) is 0 Å². The molecule has 0 bridgehead atoms. The highest BCUT2D eigenvalue weighted by molar-refractivity contribution is 5.10. The van der Waals surface area contributed by atoms with Gasteiger partial charge in [-0.15, -0.1) is 0 Å². The van der Waals surface area contributed by atoms with Crippen LogP contribution in [0.1, 0.15) is 31.7 Å². The number of aryl methyl sites for hydroxylation is 2. The van der Waals surface area contributed by atoms with Gasteiger partial charge in [0.15, 0.2) is 0 Å². The fourth-order valence-corrected chi connectivity index (χ4v) is 3.77. The summed E-state index contributed by atoms with van der Waals surface area (Å²) in [6.45, 7) is 6.60. The van der Waals surface area contributed by atoms with Gasteiger partial charge in [-0.1, -0.05) is 0 Å². The Kier molecular flexibility index (Phi) is 5.06. The largest absolute Gasteiger partial charge is 0.337 e. The van der Waals surface area contributed by atoms with Gasteiger partial charge in [-0.05, 0) is 39.3 Å². The number of imidazole rings is 1. The van der Waals surface area contributed by atoms with Crippen LogP contribution in [0, 0.1) is 0 Å². The van der Waals surface area contributed by atoms with Crippen LogP contribution in [-0.2, 0) is 27.1 Å². The first-order valence-corrected chi connectivity index (χ1v) is 8.85. The van der Waals surface area contributed by atoms with E-state index in [1.54, 1.807) is 0 Å². The van der Waals surface area contributed by atoms with Gasteiger partial charge in [0.05, 0.1) is 12.7 Å². The van der Waals surface area contributed by atoms with E-state index in [0.29, 0.717) is 18.1 Å². The molecule has 0 aliphatic carbocycles. The predicted molar refractivity (Wildman–Crippen MR) is 95.6 cm³/mol. The Morgan fingerprint density at radius 2 is 2.12 bits per heavy atom. The Labute approximate surface area is 145 Å². The van der Waals surface area contributed by atoms with Crippen LogP contribution in [0.2, 0.25) is 0 Å². The smallest absolute Gasteiger partial charge is 0.122 e. The van der Waals surface area contributed by atoms with Crippen molar-refractivity contribution >= 4 is 0 Å². The normalized spacial score (nSPS) is 22.1. The van der Waals surface area contributed by atoms with Crippen LogP contribution in [-0.4, -0.2) is 60.8 Å². The number of likely N-dealkylation sites (tertiary alicyclic amines) is 1. The topological polar surface area (TPSA) is 42.1 Å². The number of aromatic nitrogens is 4. The Bertz CT molecular complexity index is 658. The van der Waals surface area contributed by atoms with Crippen LogP contribution in [0.15, 0.2) is 24.8 Å². The zero-order valence-corrected chi connectivity index (χ0v) is 15.6. The summed E-state index contributed by atoms with van der Waals surface area (Å²) in [5.41, 5.74) is 1.32. The third-order valence-electron chi connectivity index (χ3n) is 5.43. The molecule has 0 spiro atoms. The number of hydrogen-bond acceptors (Lipinski definition) is 4. The second-order valence-corrected chi connectivity index (χ2v) is 7.33. The SMILES string of the molecule is CC(C)N(C)[C@@H]1CCN(Cc2nccn2C)[C@H]1Cc1cnn(C)c1. The number of likely N-dealkylation sites (N-methyl/N-ethyl adjacent to an activating group) is 1. The average molecular weight is 330 g/mol. The lowest BCUT2D eigenvalue weighted by molar-refractivity contribution is 0.133. The molecule has 3 rings (SSSR count). The third kappa shape index (κ3) is 3.54. The fraction of sp³-hybridized carbons (Fsp3) is 0.667. The molecule has 0 amide bonds. The zero-order chi connectivity index (χ0) is 17.3. The molecule has 0 saturated carbocycles. The van der Waals surface area contributed by atoms with Gasteiger partial charge in [0.25, 0.3) is 0 Å². The van der Waals surface area contributed by atoms with Crippen LogP contribution < -0.4 is 0 Å². The summed E-state index contributed by atoms with van der Waals surface area (Å²) < 4.78 is 4.02. The maximum Gasteiger partial charge on any atom is 0.122 e. The average Bonchev–Trinajstić information content (AvgIpc) is 3.23. The minimum Gasteiger partial charge on any atom is -0.337 e. The lowest BCUT2D eigenvalue weighted by Gasteiger charge is -2.35. The van der Waals surface area contributed by atoms with E-state index in [2.05, 4.69) is 58.6 Å². The summed E-state index contributed by atoms with van der Waals surface area (Å²) in [4.78, 5) is 9.64. The van der Waals surface area contributed by atoms with Gasteiger partial charge in [0.1, 0.15) is 5.82 Å². The maximum atomic E-state index is 4.52. The Morgan fingerprint density at radius 1 is 1.33 bits per heavy atom. The highest BCUT2D eigenvalue weighted by atomic mass is 15.3. The summed E-state index contributed by atoms with van der Waals surface area (Å²) in [6, 6.07) is 1.63. The molecule has 1 aliphatic heterocycles. The van der Waals surface area contributed by atoms with Gasteiger partial charge in [-0.3, -0.25) is 14.5 Å². The molecule has 1 fully saturated rings. The molecule has 0 N–H and O–H groups in total. The van der Waals surface area contributed by atoms with Crippen LogP contribution in [0.4, 0.5) is 0 Å². The molecule has 0 radical (unpaired) electrons. The molecular formula is C18H30N6. The van der Waals surface area contributed by atoms with E-state index in [-0.39, 0.29) is 0 Å². The number of hydrogen-bond donors (Lipinski definition) is 0. The maximum absolute atomic E-state index is 4.52. The molecule has 6 heteroatoms. The van der Waals surface area contributed by atoms with Crippen molar-refractivity contribution in [3.63, 3.8) is 0 Å². The Morgan fingerprint density at radius 3 is 2.71 bits per heavy atom. The van der Waals surface area contributed by atoms with Gasteiger partial charge in [0.2, 0.25) is 0 Å². The zero-order valence-electron chi connectivity index (χ0n) is 15.6. The highest BCUT2D eigenvalue weighted by Gasteiger charge is 2.37. The monoisotopic (exact) mass is 330 g/mol. The van der Waals surface area contributed by atoms with Gasteiger partial charge in [0, 0.05) is 57.4 Å². The van der Waals surface area contributed by atoms with Crippen molar-refractivity contribution in [2.45, 2.75) is 51.4 Å². The van der Waals surface area contributed by atoms with Gasteiger partial charge in [-0.25, -0.2) is 4.98 Å². The lowest BCUT2D eigenvalue weighted by atomic mass is 10.00. The van der Waals surface area contributed by atoms with E-state index in [1.807, 2.05) is 30.3 Å². The molecule has 2 aromatic rings. The summed E-state index contributed by atoms with van der Waals surface area (Å²) in [5, 5.41) is 4.35. The molecule has 2 atom stereocenters. The molecule has 1 aliphatic rings. The molecule has 132 valence electrons. The molecule has 0 aromatic carbocycles. The van der Waals surface area contributed by atoms with Crippen molar-refractivity contribution in [1.82, 2.24) is 29.1 Å². The van der Waals surface area contributed by atoms with Gasteiger partial charge in [-0.2, -0.15) is 5.10 Å². The Hall–Kier alpha value is -1.66. The summed E-state index contributed by atoms with van der Waals surface area (Å²) in [5.74, 6) is 1.14. The van der Waals surface area contributed by atoms with Crippen LogP contribution in [0.5, 0.6) is 0 Å². The quantitative estimate of drug-likeness (QED) is 0.808. The van der Waals surface area contributed by atoms with E-state index in [9.17, 15) is 0 Å². The van der Waals surface area contributed by atoms with Crippen LogP contribution in [0.25, 0.3) is 0 Å². The van der Waals surface area contributed by atoms with Crippen molar-refractivity contribution in [3.05, 3.63) is 36.2 Å². The van der Waals surface area contributed by atoms with Gasteiger partial charge < -0.3 is 4.57 Å². The molecular weight excluding hydrogens is 300 g/mol. The third-order valence-corrected chi connectivity index (χ3v) is 5.43. The van der Waals surface area contributed by atoms with E-state index in [4.69, 9.17) is 0 Å². The van der Waals surface area contributed by atoms with E-state index in [1.165, 1.54) is 12.0 Å². The minimum absolute atomic E-state index is 0.498. The molecule has 24 heavy (non-hydrogen) atoms. The fourth-order valence-electron chi connectivity index (χ4n) is 3.77. The number of rotatable bonds is 6. The minimum atomic E-state index is 0.498. The second kappa shape index (κ2) is 7.07. The first kappa shape index (κ1) is 17.2. The van der Waals surface area contributed by atoms with Crippen molar-refractivity contribution in [2.24, 2.45) is 14.1 Å². The standard InChI is InChI=1S/C18H30N6/c1-14(2)23(5)16-6-8-24(13-18-19-7-9-21(18)3)17(16)10-15-11-20-22(4)12-15/h7,9,11-12,14,16-17H,6,8,10,13H2,1-5H3/t16-,17+/m1/s1. The molecule has 2 aromatic heterocycles. The van der Waals surface area contributed by atoms with Crippen LogP contribution in [0.3, 0.4) is 0 Å². The van der Waals surface area contributed by atoms with E-state index < -0.39 is 0 Å². The highest BCUT2D eigenvalue weighted by Crippen LogP contribution is 2.27. The molecule has 1 saturated heterocycles. The van der Waals surface area contributed by atoms with Crippen molar-refractivity contribution < 1.29 is 0 Å². The lowest BCUT2D eigenvalue weighted by Crippen LogP contribution is -2.47. The van der Waals surface area contributed by atoms with Crippen LogP contribution >= 0.6 is 0 Å². The van der Waals surface area contributed by atoms with Crippen molar-refractivity contribution in [2.75, 3.05) is 13.6 Å². The molecule has 0 unspecified atom stereocenters. The van der Waals surface area contributed by atoms with E-state index in [0.717, 1.165) is 25.3 Å². The Balaban J connectivity index is 1.80.